The van der Waals surface area contributed by atoms with Crippen LogP contribution in [0.25, 0.3) is 0 Å². The maximum Gasteiger partial charge on any atom is 0.376 e. The van der Waals surface area contributed by atoms with Gasteiger partial charge < -0.3 is 4.74 Å². The molecule has 0 bridgehead atoms. The van der Waals surface area contributed by atoms with Crippen LogP contribution in [0.15, 0.2) is 42.5 Å². The van der Waals surface area contributed by atoms with Gasteiger partial charge in [-0.05, 0) is 24.3 Å². The second kappa shape index (κ2) is 5.25. The second-order valence-corrected chi connectivity index (χ2v) is 5.09. The molecule has 1 aliphatic rings. The predicted molar refractivity (Wildman–Crippen MR) is 71.1 cm³/mol. The largest absolute Gasteiger partial charge is 0.457 e. The fourth-order valence-corrected chi connectivity index (χ4v) is 2.50. The van der Waals surface area contributed by atoms with Crippen LogP contribution in [0.3, 0.4) is 0 Å². The van der Waals surface area contributed by atoms with Gasteiger partial charge in [0.2, 0.25) is 5.78 Å². The molecule has 0 aliphatic heterocycles. The van der Waals surface area contributed by atoms with Crippen molar-refractivity contribution in [2.45, 2.75) is 18.3 Å². The van der Waals surface area contributed by atoms with Crippen molar-refractivity contribution in [2.75, 3.05) is 0 Å². The second-order valence-electron chi connectivity index (χ2n) is 5.09. The Morgan fingerprint density at radius 1 is 0.875 bits per heavy atom. The van der Waals surface area contributed by atoms with Gasteiger partial charge in [0.15, 0.2) is 0 Å². The first-order valence-corrected chi connectivity index (χ1v) is 6.66. The first kappa shape index (κ1) is 16.4. The van der Waals surface area contributed by atoms with Crippen LogP contribution in [0.5, 0.6) is 11.5 Å². The average molecular weight is 346 g/mol. The molecule has 0 unspecified atom stereocenters. The SMILES string of the molecule is O=C1c2c(ccc(Oc3ccccc3)c2C(F)F)C(F)(F)C1(F)F. The summed E-state index contributed by atoms with van der Waals surface area (Å²) in [5.41, 5.74) is -4.07. The zero-order chi connectivity index (χ0) is 17.7. The van der Waals surface area contributed by atoms with E-state index in [0.29, 0.717) is 6.07 Å². The third kappa shape index (κ3) is 2.16. The van der Waals surface area contributed by atoms with Gasteiger partial charge >= 0.3 is 11.8 Å². The number of halogens is 6. The van der Waals surface area contributed by atoms with E-state index in [1.165, 1.54) is 24.3 Å². The van der Waals surface area contributed by atoms with Gasteiger partial charge in [-0.15, -0.1) is 0 Å². The Bertz CT molecular complexity index is 802. The summed E-state index contributed by atoms with van der Waals surface area (Å²) < 4.78 is 86.3. The Hall–Kier alpha value is -2.51. The molecular weight excluding hydrogens is 338 g/mol. The van der Waals surface area contributed by atoms with Gasteiger partial charge in [0.25, 0.3) is 6.43 Å². The number of hydrogen-bond donors (Lipinski definition) is 0. The summed E-state index contributed by atoms with van der Waals surface area (Å²) in [5.74, 6) is -12.8. The number of para-hydroxylation sites is 1. The molecule has 0 aromatic heterocycles. The molecule has 1 aliphatic carbocycles. The molecule has 0 spiro atoms. The molecule has 0 fully saturated rings. The smallest absolute Gasteiger partial charge is 0.376 e. The van der Waals surface area contributed by atoms with Gasteiger partial charge in [-0.2, -0.15) is 17.6 Å². The Labute approximate surface area is 131 Å². The lowest BCUT2D eigenvalue weighted by molar-refractivity contribution is -0.176. The van der Waals surface area contributed by atoms with Crippen molar-refractivity contribution in [3.63, 3.8) is 0 Å². The van der Waals surface area contributed by atoms with Crippen LogP contribution < -0.4 is 4.74 Å². The first-order chi connectivity index (χ1) is 11.2. The molecule has 0 atom stereocenters. The molecule has 2 nitrogen and oxygen atoms in total. The van der Waals surface area contributed by atoms with Crippen LogP contribution in [0.1, 0.15) is 27.9 Å². The summed E-state index contributed by atoms with van der Waals surface area (Å²) in [4.78, 5) is 11.6. The van der Waals surface area contributed by atoms with E-state index < -0.39 is 46.5 Å². The number of carbonyl (C=O) groups excluding carboxylic acids is 1. The summed E-state index contributed by atoms with van der Waals surface area (Å²) in [6.45, 7) is 0. The Balaban J connectivity index is 2.20. The quantitative estimate of drug-likeness (QED) is 0.701. The van der Waals surface area contributed by atoms with Gasteiger partial charge in [0, 0.05) is 11.1 Å². The Morgan fingerprint density at radius 2 is 1.50 bits per heavy atom. The molecule has 0 saturated carbocycles. The van der Waals surface area contributed by atoms with Crippen molar-refractivity contribution >= 4 is 5.78 Å². The molecule has 0 amide bonds. The summed E-state index contributed by atoms with van der Waals surface area (Å²) in [6, 6.07) is 8.71. The zero-order valence-electron chi connectivity index (χ0n) is 11.7. The fraction of sp³-hybridized carbons (Fsp3) is 0.188. The standard InChI is InChI=1S/C16H8F6O2/c17-14(18)12-10(24-8-4-2-1-3-5-8)7-6-9-11(12)13(23)16(21,22)15(9,19)20/h1-7,14H. The van der Waals surface area contributed by atoms with E-state index in [4.69, 9.17) is 4.74 Å². The average Bonchev–Trinajstić information content (AvgIpc) is 2.66. The Kier molecular flexibility index (Phi) is 3.58. The molecule has 24 heavy (non-hydrogen) atoms. The third-order valence-electron chi connectivity index (χ3n) is 3.64. The molecule has 126 valence electrons. The lowest BCUT2D eigenvalue weighted by Crippen LogP contribution is -2.38. The van der Waals surface area contributed by atoms with E-state index in [1.54, 1.807) is 6.07 Å². The molecular formula is C16H8F6O2. The molecule has 3 rings (SSSR count). The van der Waals surface area contributed by atoms with Crippen molar-refractivity contribution in [2.24, 2.45) is 0 Å². The normalized spacial score (nSPS) is 17.9. The van der Waals surface area contributed by atoms with Crippen molar-refractivity contribution in [3.8, 4) is 11.5 Å². The van der Waals surface area contributed by atoms with Crippen molar-refractivity contribution in [3.05, 3.63) is 59.2 Å². The summed E-state index contributed by atoms with van der Waals surface area (Å²) in [5, 5.41) is 0. The minimum Gasteiger partial charge on any atom is -0.457 e. The molecule has 0 N–H and O–H groups in total. The van der Waals surface area contributed by atoms with Crippen LogP contribution >= 0.6 is 0 Å². The highest BCUT2D eigenvalue weighted by molar-refractivity contribution is 6.08. The highest BCUT2D eigenvalue weighted by atomic mass is 19.3. The van der Waals surface area contributed by atoms with Crippen molar-refractivity contribution < 1.29 is 35.9 Å². The summed E-state index contributed by atoms with van der Waals surface area (Å²) in [6.07, 6.45) is -3.45. The molecule has 2 aromatic carbocycles. The molecule has 0 radical (unpaired) electrons. The third-order valence-corrected chi connectivity index (χ3v) is 3.64. The summed E-state index contributed by atoms with van der Waals surface area (Å²) >= 11 is 0. The van der Waals surface area contributed by atoms with Crippen molar-refractivity contribution in [1.29, 1.82) is 0 Å². The molecule has 8 heteroatoms. The number of fused-ring (bicyclic) bond motifs is 1. The van der Waals surface area contributed by atoms with E-state index in [-0.39, 0.29) is 5.75 Å². The first-order valence-electron chi connectivity index (χ1n) is 6.66. The van der Waals surface area contributed by atoms with Crippen LogP contribution in [-0.4, -0.2) is 11.7 Å². The van der Waals surface area contributed by atoms with Gasteiger partial charge in [-0.1, -0.05) is 18.2 Å². The summed E-state index contributed by atoms with van der Waals surface area (Å²) in [7, 11) is 0. The number of ether oxygens (including phenoxy) is 1. The zero-order valence-corrected chi connectivity index (χ0v) is 11.7. The van der Waals surface area contributed by atoms with E-state index in [2.05, 4.69) is 0 Å². The highest BCUT2D eigenvalue weighted by Crippen LogP contribution is 2.55. The van der Waals surface area contributed by atoms with Gasteiger partial charge in [0.05, 0.1) is 5.56 Å². The lowest BCUT2D eigenvalue weighted by Gasteiger charge is -2.17. The molecule has 0 heterocycles. The molecule has 2 aromatic rings. The van der Waals surface area contributed by atoms with Crippen LogP contribution in [0.4, 0.5) is 26.3 Å². The molecule has 0 saturated heterocycles. The minimum absolute atomic E-state index is 0.0864. The number of Topliss-reactive ketones (excluding diaryl/α,β-unsaturated/α-hetero) is 1. The number of ketones is 1. The number of alkyl halides is 6. The fourth-order valence-electron chi connectivity index (χ4n) is 2.50. The number of carbonyl (C=O) groups is 1. The van der Waals surface area contributed by atoms with E-state index in [0.717, 1.165) is 6.07 Å². The van der Waals surface area contributed by atoms with Gasteiger partial charge in [-0.3, -0.25) is 4.79 Å². The number of rotatable bonds is 3. The van der Waals surface area contributed by atoms with E-state index in [9.17, 15) is 31.1 Å². The number of hydrogen-bond acceptors (Lipinski definition) is 2. The van der Waals surface area contributed by atoms with Crippen molar-refractivity contribution in [1.82, 2.24) is 0 Å². The number of benzene rings is 2. The van der Waals surface area contributed by atoms with Crippen LogP contribution in [-0.2, 0) is 5.92 Å². The monoisotopic (exact) mass is 346 g/mol. The predicted octanol–water partition coefficient (Wildman–Crippen LogP) is 5.34. The maximum atomic E-state index is 13.7. The Morgan fingerprint density at radius 3 is 2.08 bits per heavy atom. The van der Waals surface area contributed by atoms with E-state index >= 15 is 0 Å². The lowest BCUT2D eigenvalue weighted by atomic mass is 10.0. The van der Waals surface area contributed by atoms with Gasteiger partial charge in [-0.25, -0.2) is 8.78 Å². The van der Waals surface area contributed by atoms with Crippen LogP contribution in [0, 0.1) is 0 Å². The van der Waals surface area contributed by atoms with E-state index in [1.807, 2.05) is 0 Å². The maximum absolute atomic E-state index is 13.7. The topological polar surface area (TPSA) is 26.3 Å². The van der Waals surface area contributed by atoms with Crippen LogP contribution in [0.2, 0.25) is 0 Å². The minimum atomic E-state index is -5.08. The highest BCUT2D eigenvalue weighted by Gasteiger charge is 2.70. The van der Waals surface area contributed by atoms with Gasteiger partial charge in [0.1, 0.15) is 11.5 Å².